The van der Waals surface area contributed by atoms with Crippen LogP contribution in [0.1, 0.15) is 17.5 Å². The molecule has 1 fully saturated rings. The molecule has 0 aliphatic carbocycles. The lowest BCUT2D eigenvalue weighted by Gasteiger charge is -2.14. The van der Waals surface area contributed by atoms with Crippen molar-refractivity contribution in [2.24, 2.45) is 0 Å². The van der Waals surface area contributed by atoms with E-state index in [-0.39, 0.29) is 24.8 Å². The van der Waals surface area contributed by atoms with E-state index in [9.17, 15) is 9.59 Å². The molecule has 4 rings (SSSR count). The van der Waals surface area contributed by atoms with E-state index in [1.165, 1.54) is 16.7 Å². The smallest absolute Gasteiger partial charge is 0.266 e. The van der Waals surface area contributed by atoms with Gasteiger partial charge < -0.3 is 5.32 Å². The summed E-state index contributed by atoms with van der Waals surface area (Å²) in [6.07, 6.45) is 2.03. The number of carbonyl (C=O) groups excluding carboxylic acids is 2. The second kappa shape index (κ2) is 9.94. The highest BCUT2D eigenvalue weighted by molar-refractivity contribution is 8.26. The molecule has 3 aromatic rings. The minimum Gasteiger partial charge on any atom is -0.326 e. The molecule has 1 saturated heterocycles. The lowest BCUT2D eigenvalue weighted by Crippen LogP contribution is -2.31. The second-order valence-electron chi connectivity index (χ2n) is 7.43. The van der Waals surface area contributed by atoms with Crippen LogP contribution in [0.25, 0.3) is 17.2 Å². The molecule has 32 heavy (non-hydrogen) atoms. The van der Waals surface area contributed by atoms with Crippen molar-refractivity contribution < 1.29 is 9.59 Å². The molecule has 1 aliphatic heterocycles. The molecular weight excluding hydrogens is 436 g/mol. The standard InChI is InChI=1S/C26H22N2O2S2/c1-18-7-5-6-10-22(18)27-24(29)15-16-28-25(30)23(32-26(28)31)17-19-11-13-21(14-12-19)20-8-3-2-4-9-20/h2-14,17H,15-16H2,1H3,(H,27,29)/b23-17-. The van der Waals surface area contributed by atoms with Crippen molar-refractivity contribution in [1.29, 1.82) is 0 Å². The molecule has 1 N–H and O–H groups in total. The molecular formula is C26H22N2O2S2. The fraction of sp³-hybridized carbons (Fsp3) is 0.115. The Morgan fingerprint density at radius 2 is 1.62 bits per heavy atom. The van der Waals surface area contributed by atoms with E-state index in [1.807, 2.05) is 79.7 Å². The number of thioether (sulfide) groups is 1. The molecule has 0 saturated carbocycles. The number of amides is 2. The molecule has 160 valence electrons. The van der Waals surface area contributed by atoms with Crippen LogP contribution in [-0.2, 0) is 9.59 Å². The maximum Gasteiger partial charge on any atom is 0.266 e. The molecule has 0 atom stereocenters. The van der Waals surface area contributed by atoms with Crippen LogP contribution in [0.5, 0.6) is 0 Å². The number of carbonyl (C=O) groups is 2. The Balaban J connectivity index is 1.38. The Labute approximate surface area is 197 Å². The van der Waals surface area contributed by atoms with Crippen molar-refractivity contribution >= 4 is 51.9 Å². The number of rotatable bonds is 6. The number of hydrogen-bond acceptors (Lipinski definition) is 4. The van der Waals surface area contributed by atoms with Crippen molar-refractivity contribution in [1.82, 2.24) is 4.90 Å². The van der Waals surface area contributed by atoms with Gasteiger partial charge in [0.2, 0.25) is 5.91 Å². The summed E-state index contributed by atoms with van der Waals surface area (Å²) in [5, 5.41) is 2.89. The third kappa shape index (κ3) is 5.15. The van der Waals surface area contributed by atoms with Gasteiger partial charge in [-0.05, 0) is 41.3 Å². The van der Waals surface area contributed by atoms with Crippen molar-refractivity contribution in [2.45, 2.75) is 13.3 Å². The Morgan fingerprint density at radius 3 is 2.34 bits per heavy atom. The second-order valence-corrected chi connectivity index (χ2v) is 9.11. The Bertz CT molecular complexity index is 1190. The molecule has 0 unspecified atom stereocenters. The van der Waals surface area contributed by atoms with Crippen LogP contribution < -0.4 is 5.32 Å². The summed E-state index contributed by atoms with van der Waals surface area (Å²) in [5.41, 5.74) is 4.97. The third-order valence-electron chi connectivity index (χ3n) is 5.17. The van der Waals surface area contributed by atoms with Crippen LogP contribution in [0.15, 0.2) is 83.8 Å². The molecule has 1 aliphatic rings. The monoisotopic (exact) mass is 458 g/mol. The van der Waals surface area contributed by atoms with Crippen molar-refractivity contribution in [3.05, 3.63) is 94.9 Å². The third-order valence-corrected chi connectivity index (χ3v) is 6.55. The number of hydrogen-bond donors (Lipinski definition) is 1. The van der Waals surface area contributed by atoms with Gasteiger partial charge in [0.15, 0.2) is 0 Å². The molecule has 0 aromatic heterocycles. The number of nitrogens with zero attached hydrogens (tertiary/aromatic N) is 1. The molecule has 0 radical (unpaired) electrons. The molecule has 6 heteroatoms. The predicted octanol–water partition coefficient (Wildman–Crippen LogP) is 5.89. The molecule has 0 bridgehead atoms. The van der Waals surface area contributed by atoms with Crippen LogP contribution in [0.3, 0.4) is 0 Å². The van der Waals surface area contributed by atoms with Gasteiger partial charge in [0, 0.05) is 18.7 Å². The number of thiocarbonyl (C=S) groups is 1. The highest BCUT2D eigenvalue weighted by Crippen LogP contribution is 2.33. The average molecular weight is 459 g/mol. The van der Waals surface area contributed by atoms with Crippen LogP contribution in [0.2, 0.25) is 0 Å². The van der Waals surface area contributed by atoms with E-state index in [0.29, 0.717) is 9.23 Å². The summed E-state index contributed by atoms with van der Waals surface area (Å²) in [4.78, 5) is 27.3. The van der Waals surface area contributed by atoms with Gasteiger partial charge in [0.1, 0.15) is 4.32 Å². The molecule has 4 nitrogen and oxygen atoms in total. The quantitative estimate of drug-likeness (QED) is 0.370. The fourth-order valence-corrected chi connectivity index (χ4v) is 4.69. The molecule has 3 aromatic carbocycles. The van der Waals surface area contributed by atoms with Crippen LogP contribution in [0.4, 0.5) is 5.69 Å². The Hall–Kier alpha value is -3.22. The topological polar surface area (TPSA) is 49.4 Å². The molecule has 0 spiro atoms. The van der Waals surface area contributed by atoms with Crippen molar-refractivity contribution in [3.63, 3.8) is 0 Å². The normalized spacial score (nSPS) is 14.8. The summed E-state index contributed by atoms with van der Waals surface area (Å²) in [6.45, 7) is 2.20. The maximum atomic E-state index is 12.9. The highest BCUT2D eigenvalue weighted by Gasteiger charge is 2.32. The van der Waals surface area contributed by atoms with Gasteiger partial charge in [0.25, 0.3) is 5.91 Å². The Kier molecular flexibility index (Phi) is 6.83. The van der Waals surface area contributed by atoms with Gasteiger partial charge in [0.05, 0.1) is 4.91 Å². The maximum absolute atomic E-state index is 12.9. The van der Waals surface area contributed by atoms with E-state index in [0.717, 1.165) is 27.9 Å². The van der Waals surface area contributed by atoms with Crippen molar-refractivity contribution in [3.8, 4) is 11.1 Å². The van der Waals surface area contributed by atoms with Gasteiger partial charge in [-0.2, -0.15) is 0 Å². The zero-order valence-electron chi connectivity index (χ0n) is 17.6. The van der Waals surface area contributed by atoms with Gasteiger partial charge in [-0.1, -0.05) is 96.8 Å². The first-order chi connectivity index (χ1) is 15.5. The zero-order chi connectivity index (χ0) is 22.5. The summed E-state index contributed by atoms with van der Waals surface area (Å²) < 4.78 is 0.478. The SMILES string of the molecule is Cc1ccccc1NC(=O)CCN1C(=O)/C(=C/c2ccc(-c3ccccc3)cc2)SC1=S. The first kappa shape index (κ1) is 22.0. The number of benzene rings is 3. The van der Waals surface area contributed by atoms with Gasteiger partial charge >= 0.3 is 0 Å². The van der Waals surface area contributed by atoms with Crippen molar-refractivity contribution in [2.75, 3.05) is 11.9 Å². The van der Waals surface area contributed by atoms with E-state index in [4.69, 9.17) is 12.2 Å². The van der Waals surface area contributed by atoms with E-state index in [2.05, 4.69) is 17.4 Å². The zero-order valence-corrected chi connectivity index (χ0v) is 19.2. The molecule has 1 heterocycles. The van der Waals surface area contributed by atoms with Crippen LogP contribution in [-0.4, -0.2) is 27.6 Å². The van der Waals surface area contributed by atoms with Crippen LogP contribution in [0, 0.1) is 6.92 Å². The largest absolute Gasteiger partial charge is 0.326 e. The number of nitrogens with one attached hydrogen (secondary N) is 1. The first-order valence-electron chi connectivity index (χ1n) is 10.3. The van der Waals surface area contributed by atoms with Gasteiger partial charge in [-0.3, -0.25) is 14.5 Å². The summed E-state index contributed by atoms with van der Waals surface area (Å²) >= 11 is 6.67. The van der Waals surface area contributed by atoms with Crippen LogP contribution >= 0.6 is 24.0 Å². The van der Waals surface area contributed by atoms with Gasteiger partial charge in [-0.25, -0.2) is 0 Å². The average Bonchev–Trinajstić information content (AvgIpc) is 3.07. The Morgan fingerprint density at radius 1 is 0.969 bits per heavy atom. The number of aryl methyl sites for hydroxylation is 1. The molecule has 2 amide bonds. The lowest BCUT2D eigenvalue weighted by atomic mass is 10.0. The minimum atomic E-state index is -0.157. The minimum absolute atomic E-state index is 0.145. The lowest BCUT2D eigenvalue weighted by molar-refractivity contribution is -0.122. The summed E-state index contributed by atoms with van der Waals surface area (Å²) in [5.74, 6) is -0.301. The van der Waals surface area contributed by atoms with Gasteiger partial charge in [-0.15, -0.1) is 0 Å². The summed E-state index contributed by atoms with van der Waals surface area (Å²) in [7, 11) is 0. The number of anilines is 1. The predicted molar refractivity (Wildman–Crippen MR) is 136 cm³/mol. The van der Waals surface area contributed by atoms with E-state index >= 15 is 0 Å². The number of para-hydroxylation sites is 1. The van der Waals surface area contributed by atoms with E-state index < -0.39 is 0 Å². The summed E-state index contributed by atoms with van der Waals surface area (Å²) in [6, 6.07) is 25.8. The van der Waals surface area contributed by atoms with E-state index in [1.54, 1.807) is 0 Å². The fourth-order valence-electron chi connectivity index (χ4n) is 3.39. The highest BCUT2D eigenvalue weighted by atomic mass is 32.2. The first-order valence-corrected chi connectivity index (χ1v) is 11.5.